The van der Waals surface area contributed by atoms with Crippen LogP contribution in [0.25, 0.3) is 0 Å². The van der Waals surface area contributed by atoms with Gasteiger partial charge in [0.1, 0.15) is 12.4 Å². The lowest BCUT2D eigenvalue weighted by atomic mass is 10.2. The van der Waals surface area contributed by atoms with Crippen LogP contribution in [-0.4, -0.2) is 11.3 Å². The molecule has 0 saturated heterocycles. The predicted molar refractivity (Wildman–Crippen MR) is 75.8 cm³/mol. The van der Waals surface area contributed by atoms with Crippen molar-refractivity contribution in [2.24, 2.45) is 0 Å². The second kappa shape index (κ2) is 6.11. The fourth-order valence-corrected chi connectivity index (χ4v) is 2.00. The number of hydrogen-bond acceptors (Lipinski definition) is 3. The number of carbonyl (C=O) groups is 1. The van der Waals surface area contributed by atoms with Gasteiger partial charge in [0.25, 0.3) is 0 Å². The average molecular weight is 371 g/mol. The molecule has 1 aromatic carbocycles. The minimum Gasteiger partial charge on any atom is -0.487 e. The first-order chi connectivity index (χ1) is 8.69. The van der Waals surface area contributed by atoms with Gasteiger partial charge in [0.05, 0.1) is 11.3 Å². The first-order valence-electron chi connectivity index (χ1n) is 5.17. The zero-order valence-corrected chi connectivity index (χ0v) is 12.4. The van der Waals surface area contributed by atoms with Gasteiger partial charge in [-0.05, 0) is 46.3 Å². The average Bonchev–Trinajstić information content (AvgIpc) is 2.39. The molecule has 0 fully saturated rings. The first-order valence-corrected chi connectivity index (χ1v) is 6.75. The third kappa shape index (κ3) is 3.40. The maximum absolute atomic E-state index is 10.9. The van der Waals surface area contributed by atoms with Crippen LogP contribution in [0.3, 0.4) is 0 Å². The normalized spacial score (nSPS) is 10.1. The van der Waals surface area contributed by atoms with E-state index >= 15 is 0 Å². The van der Waals surface area contributed by atoms with Crippen molar-refractivity contribution < 1.29 is 9.53 Å². The zero-order valence-electron chi connectivity index (χ0n) is 9.27. The van der Waals surface area contributed by atoms with E-state index in [-0.39, 0.29) is 0 Å². The van der Waals surface area contributed by atoms with Gasteiger partial charge >= 0.3 is 0 Å². The van der Waals surface area contributed by atoms with E-state index in [4.69, 9.17) is 4.74 Å². The minimum absolute atomic E-state index is 0.329. The summed E-state index contributed by atoms with van der Waals surface area (Å²) < 4.78 is 7.34. The van der Waals surface area contributed by atoms with Crippen LogP contribution in [0.5, 0.6) is 5.75 Å². The van der Waals surface area contributed by atoms with E-state index in [1.54, 1.807) is 18.3 Å². The molecule has 0 bridgehead atoms. The Bertz CT molecular complexity index is 555. The van der Waals surface area contributed by atoms with Gasteiger partial charge in [0, 0.05) is 15.1 Å². The van der Waals surface area contributed by atoms with Crippen LogP contribution < -0.4 is 4.74 Å². The summed E-state index contributed by atoms with van der Waals surface area (Å²) in [6, 6.07) is 9.07. The molecular weight excluding hydrogens is 362 g/mol. The quantitative estimate of drug-likeness (QED) is 0.763. The van der Waals surface area contributed by atoms with E-state index in [2.05, 4.69) is 36.8 Å². The topological polar surface area (TPSA) is 39.2 Å². The molecule has 1 heterocycles. The van der Waals surface area contributed by atoms with E-state index in [1.807, 2.05) is 18.2 Å². The summed E-state index contributed by atoms with van der Waals surface area (Å²) in [7, 11) is 0. The van der Waals surface area contributed by atoms with Gasteiger partial charge in [-0.15, -0.1) is 0 Å². The number of aromatic nitrogens is 1. The highest BCUT2D eigenvalue weighted by molar-refractivity contribution is 9.10. The molecule has 5 heteroatoms. The Labute approximate surface area is 121 Å². The lowest BCUT2D eigenvalue weighted by molar-refractivity contribution is 0.111. The fourth-order valence-electron chi connectivity index (χ4n) is 1.39. The summed E-state index contributed by atoms with van der Waals surface area (Å²) in [5, 5.41) is 0. The largest absolute Gasteiger partial charge is 0.487 e. The number of carbonyl (C=O) groups excluding carboxylic acids is 1. The lowest BCUT2D eigenvalue weighted by Gasteiger charge is -2.08. The van der Waals surface area contributed by atoms with Crippen LogP contribution in [-0.2, 0) is 6.61 Å². The van der Waals surface area contributed by atoms with Crippen molar-refractivity contribution in [2.75, 3.05) is 0 Å². The number of halogens is 2. The lowest BCUT2D eigenvalue weighted by Crippen LogP contribution is -2.00. The van der Waals surface area contributed by atoms with E-state index in [0.717, 1.165) is 20.9 Å². The Kier molecular flexibility index (Phi) is 4.49. The maximum atomic E-state index is 10.9. The number of benzene rings is 1. The summed E-state index contributed by atoms with van der Waals surface area (Å²) in [5.74, 6) is 0.554. The molecule has 18 heavy (non-hydrogen) atoms. The number of hydrogen-bond donors (Lipinski definition) is 0. The van der Waals surface area contributed by atoms with Crippen molar-refractivity contribution in [1.82, 2.24) is 4.98 Å². The SMILES string of the molecule is O=Cc1cc(Br)ccc1OCc1ccc(Br)cn1. The maximum Gasteiger partial charge on any atom is 0.153 e. The molecule has 0 atom stereocenters. The van der Waals surface area contributed by atoms with Gasteiger partial charge in [-0.25, -0.2) is 0 Å². The van der Waals surface area contributed by atoms with Crippen LogP contribution in [0.1, 0.15) is 16.1 Å². The summed E-state index contributed by atoms with van der Waals surface area (Å²) in [4.78, 5) is 15.1. The third-order valence-electron chi connectivity index (χ3n) is 2.26. The Hall–Kier alpha value is -1.20. The molecule has 0 aliphatic rings. The number of ether oxygens (including phenoxy) is 1. The van der Waals surface area contributed by atoms with Crippen molar-refractivity contribution >= 4 is 38.1 Å². The molecule has 0 spiro atoms. The van der Waals surface area contributed by atoms with Gasteiger partial charge in [-0.3, -0.25) is 9.78 Å². The molecular formula is C13H9Br2NO2. The van der Waals surface area contributed by atoms with Crippen molar-refractivity contribution in [3.8, 4) is 5.75 Å². The van der Waals surface area contributed by atoms with Gasteiger partial charge in [-0.1, -0.05) is 15.9 Å². The monoisotopic (exact) mass is 369 g/mol. The van der Waals surface area contributed by atoms with Crippen LogP contribution in [0.4, 0.5) is 0 Å². The third-order valence-corrected chi connectivity index (χ3v) is 3.23. The molecule has 0 N–H and O–H groups in total. The first kappa shape index (κ1) is 13.2. The molecule has 3 nitrogen and oxygen atoms in total. The van der Waals surface area contributed by atoms with E-state index < -0.39 is 0 Å². The predicted octanol–water partition coefficient (Wildman–Crippen LogP) is 4.00. The molecule has 2 rings (SSSR count). The summed E-state index contributed by atoms with van der Waals surface area (Å²) in [6.07, 6.45) is 2.48. The molecule has 2 aromatic rings. The summed E-state index contributed by atoms with van der Waals surface area (Å²) >= 11 is 6.63. The van der Waals surface area contributed by atoms with Gasteiger partial charge < -0.3 is 4.74 Å². The highest BCUT2D eigenvalue weighted by Crippen LogP contribution is 2.22. The minimum atomic E-state index is 0.329. The Morgan fingerprint density at radius 2 is 1.94 bits per heavy atom. The van der Waals surface area contributed by atoms with Crippen LogP contribution >= 0.6 is 31.9 Å². The van der Waals surface area contributed by atoms with E-state index in [9.17, 15) is 4.79 Å². The number of pyridine rings is 1. The molecule has 0 unspecified atom stereocenters. The molecule has 0 aliphatic heterocycles. The molecule has 1 aromatic heterocycles. The second-order valence-electron chi connectivity index (χ2n) is 3.56. The van der Waals surface area contributed by atoms with E-state index in [0.29, 0.717) is 17.9 Å². The standard InChI is InChI=1S/C13H9Br2NO2/c14-10-2-4-13(9(5-10)7-17)18-8-12-3-1-11(15)6-16-12/h1-7H,8H2. The summed E-state index contributed by atoms with van der Waals surface area (Å²) in [5.41, 5.74) is 1.32. The van der Waals surface area contributed by atoms with Crippen LogP contribution in [0, 0.1) is 0 Å². The highest BCUT2D eigenvalue weighted by Gasteiger charge is 2.04. The summed E-state index contributed by atoms with van der Waals surface area (Å²) in [6.45, 7) is 0.329. The number of aldehydes is 1. The van der Waals surface area contributed by atoms with E-state index in [1.165, 1.54) is 0 Å². The fraction of sp³-hybridized carbons (Fsp3) is 0.0769. The molecule has 0 saturated carbocycles. The smallest absolute Gasteiger partial charge is 0.153 e. The van der Waals surface area contributed by atoms with Crippen molar-refractivity contribution in [2.45, 2.75) is 6.61 Å². The van der Waals surface area contributed by atoms with Crippen molar-refractivity contribution in [1.29, 1.82) is 0 Å². The Morgan fingerprint density at radius 3 is 2.61 bits per heavy atom. The highest BCUT2D eigenvalue weighted by atomic mass is 79.9. The van der Waals surface area contributed by atoms with Gasteiger partial charge in [-0.2, -0.15) is 0 Å². The Balaban J connectivity index is 2.10. The van der Waals surface area contributed by atoms with Gasteiger partial charge in [0.15, 0.2) is 6.29 Å². The van der Waals surface area contributed by atoms with Crippen LogP contribution in [0.2, 0.25) is 0 Å². The molecule has 0 amide bonds. The van der Waals surface area contributed by atoms with Crippen molar-refractivity contribution in [3.05, 3.63) is 56.7 Å². The van der Waals surface area contributed by atoms with Crippen molar-refractivity contribution in [3.63, 3.8) is 0 Å². The van der Waals surface area contributed by atoms with Gasteiger partial charge in [0.2, 0.25) is 0 Å². The number of nitrogens with zero attached hydrogens (tertiary/aromatic N) is 1. The number of rotatable bonds is 4. The molecule has 0 radical (unpaired) electrons. The Morgan fingerprint density at radius 1 is 1.17 bits per heavy atom. The van der Waals surface area contributed by atoms with Crippen LogP contribution in [0.15, 0.2) is 45.5 Å². The second-order valence-corrected chi connectivity index (χ2v) is 5.39. The zero-order chi connectivity index (χ0) is 13.0. The molecule has 0 aliphatic carbocycles. The molecule has 92 valence electrons.